The summed E-state index contributed by atoms with van der Waals surface area (Å²) in [7, 11) is 0. The maximum atomic E-state index is 5.86. The molecule has 19 heavy (non-hydrogen) atoms. The van der Waals surface area contributed by atoms with Crippen LogP contribution in [0.1, 0.15) is 78.6 Å². The maximum Gasteiger partial charge on any atom is 0.171 e. The van der Waals surface area contributed by atoms with E-state index >= 15 is 0 Å². The average molecular weight is 270 g/mol. The first-order valence-corrected chi connectivity index (χ1v) is 8.13. The molecular weight excluding hydrogens is 236 g/mol. The molecule has 0 amide bonds. The minimum Gasteiger partial charge on any atom is -0.350 e. The molecule has 0 unspecified atom stereocenters. The van der Waals surface area contributed by atoms with Gasteiger partial charge in [0.2, 0.25) is 0 Å². The van der Waals surface area contributed by atoms with E-state index in [0.29, 0.717) is 13.2 Å². The van der Waals surface area contributed by atoms with E-state index in [0.717, 1.165) is 12.8 Å². The van der Waals surface area contributed by atoms with Crippen LogP contribution in [0.2, 0.25) is 0 Å². The second kappa shape index (κ2) is 12.7. The number of hydrogen-bond donors (Lipinski definition) is 0. The van der Waals surface area contributed by atoms with E-state index in [9.17, 15) is 0 Å². The van der Waals surface area contributed by atoms with Gasteiger partial charge in [-0.25, -0.2) is 0 Å². The zero-order chi connectivity index (χ0) is 14.4. The van der Waals surface area contributed by atoms with Crippen molar-refractivity contribution in [1.29, 1.82) is 0 Å². The molecule has 0 aliphatic heterocycles. The van der Waals surface area contributed by atoms with Crippen molar-refractivity contribution in [2.45, 2.75) is 84.3 Å². The Kier molecular flexibility index (Phi) is 12.5. The summed E-state index contributed by atoms with van der Waals surface area (Å²) < 4.78 is 11.7. The summed E-state index contributed by atoms with van der Waals surface area (Å²) in [5.41, 5.74) is 0. The van der Waals surface area contributed by atoms with E-state index < -0.39 is 5.79 Å². The molecule has 0 heterocycles. The molecule has 0 aromatic carbocycles. The Morgan fingerprint density at radius 1 is 0.842 bits per heavy atom. The van der Waals surface area contributed by atoms with Crippen LogP contribution >= 0.6 is 0 Å². The van der Waals surface area contributed by atoms with Gasteiger partial charge in [-0.15, -0.1) is 6.58 Å². The molecule has 0 aromatic heterocycles. The molecule has 114 valence electrons. The molecule has 0 spiro atoms. The van der Waals surface area contributed by atoms with Crippen molar-refractivity contribution >= 4 is 0 Å². The Morgan fingerprint density at radius 3 is 1.84 bits per heavy atom. The average Bonchev–Trinajstić information content (AvgIpc) is 2.39. The smallest absolute Gasteiger partial charge is 0.171 e. The highest BCUT2D eigenvalue weighted by Gasteiger charge is 2.29. The standard InChI is InChI=1S/C17H34O2/c1-5-9-10-11-12-13-14-16-17(15-6-2,18-7-3)19-8-4/h6H,2,5,7-16H2,1,3-4H3. The minimum atomic E-state index is -0.422. The molecule has 0 radical (unpaired) electrons. The summed E-state index contributed by atoms with van der Waals surface area (Å²) in [6, 6.07) is 0. The van der Waals surface area contributed by atoms with Gasteiger partial charge in [-0.3, -0.25) is 0 Å². The first-order chi connectivity index (χ1) is 9.24. The minimum absolute atomic E-state index is 0.422. The molecule has 0 bridgehead atoms. The molecule has 0 atom stereocenters. The molecule has 2 nitrogen and oxygen atoms in total. The van der Waals surface area contributed by atoms with E-state index in [1.54, 1.807) is 0 Å². The van der Waals surface area contributed by atoms with Gasteiger partial charge in [0.15, 0.2) is 5.79 Å². The fraction of sp³-hybridized carbons (Fsp3) is 0.882. The Morgan fingerprint density at radius 2 is 1.37 bits per heavy atom. The van der Waals surface area contributed by atoms with E-state index in [-0.39, 0.29) is 0 Å². The summed E-state index contributed by atoms with van der Waals surface area (Å²) >= 11 is 0. The van der Waals surface area contributed by atoms with Gasteiger partial charge in [-0.2, -0.15) is 0 Å². The molecule has 0 aliphatic rings. The highest BCUT2D eigenvalue weighted by molar-refractivity contribution is 4.81. The lowest BCUT2D eigenvalue weighted by Gasteiger charge is -2.32. The van der Waals surface area contributed by atoms with Crippen LogP contribution in [0.5, 0.6) is 0 Å². The van der Waals surface area contributed by atoms with Crippen LogP contribution in [-0.2, 0) is 9.47 Å². The first-order valence-electron chi connectivity index (χ1n) is 8.13. The normalized spacial score (nSPS) is 11.7. The van der Waals surface area contributed by atoms with Gasteiger partial charge in [0.25, 0.3) is 0 Å². The number of rotatable bonds is 14. The summed E-state index contributed by atoms with van der Waals surface area (Å²) in [6.45, 7) is 11.5. The van der Waals surface area contributed by atoms with Crippen molar-refractivity contribution in [2.24, 2.45) is 0 Å². The van der Waals surface area contributed by atoms with E-state index in [2.05, 4.69) is 13.5 Å². The number of unbranched alkanes of at least 4 members (excludes halogenated alkanes) is 6. The van der Waals surface area contributed by atoms with Gasteiger partial charge < -0.3 is 9.47 Å². The summed E-state index contributed by atoms with van der Waals surface area (Å²) in [5, 5.41) is 0. The largest absolute Gasteiger partial charge is 0.350 e. The van der Waals surface area contributed by atoms with Crippen molar-refractivity contribution < 1.29 is 9.47 Å². The van der Waals surface area contributed by atoms with Crippen LogP contribution in [0.25, 0.3) is 0 Å². The van der Waals surface area contributed by atoms with Gasteiger partial charge in [-0.1, -0.05) is 51.5 Å². The van der Waals surface area contributed by atoms with Crippen molar-refractivity contribution in [2.75, 3.05) is 13.2 Å². The molecule has 0 saturated carbocycles. The maximum absolute atomic E-state index is 5.86. The fourth-order valence-electron chi connectivity index (χ4n) is 2.50. The summed E-state index contributed by atoms with van der Waals surface area (Å²) in [4.78, 5) is 0. The molecule has 0 saturated heterocycles. The molecule has 0 N–H and O–H groups in total. The Balaban J connectivity index is 3.93. The van der Waals surface area contributed by atoms with Crippen LogP contribution in [0, 0.1) is 0 Å². The number of ether oxygens (including phenoxy) is 2. The van der Waals surface area contributed by atoms with Crippen molar-refractivity contribution in [3.8, 4) is 0 Å². The lowest BCUT2D eigenvalue weighted by atomic mass is 10.0. The molecular formula is C17H34O2. The van der Waals surface area contributed by atoms with Crippen LogP contribution in [-0.4, -0.2) is 19.0 Å². The molecule has 2 heteroatoms. The Labute approximate surface area is 120 Å². The Bertz CT molecular complexity index is 195. The van der Waals surface area contributed by atoms with Gasteiger partial charge in [0.1, 0.15) is 0 Å². The van der Waals surface area contributed by atoms with Crippen LogP contribution in [0.3, 0.4) is 0 Å². The zero-order valence-electron chi connectivity index (χ0n) is 13.4. The summed E-state index contributed by atoms with van der Waals surface area (Å²) in [5.74, 6) is -0.422. The second-order valence-electron chi connectivity index (χ2n) is 5.14. The van der Waals surface area contributed by atoms with Crippen molar-refractivity contribution in [3.63, 3.8) is 0 Å². The number of hydrogen-bond acceptors (Lipinski definition) is 2. The lowest BCUT2D eigenvalue weighted by molar-refractivity contribution is -0.235. The second-order valence-corrected chi connectivity index (χ2v) is 5.14. The quantitative estimate of drug-likeness (QED) is 0.237. The van der Waals surface area contributed by atoms with E-state index in [4.69, 9.17) is 9.47 Å². The van der Waals surface area contributed by atoms with E-state index in [1.807, 2.05) is 19.9 Å². The third-order valence-electron chi connectivity index (χ3n) is 3.43. The van der Waals surface area contributed by atoms with Crippen LogP contribution < -0.4 is 0 Å². The highest BCUT2D eigenvalue weighted by Crippen LogP contribution is 2.26. The SMILES string of the molecule is C=CCC(CCCCCCCCC)(OCC)OCC. The van der Waals surface area contributed by atoms with Gasteiger partial charge >= 0.3 is 0 Å². The molecule has 0 rings (SSSR count). The molecule has 0 fully saturated rings. The van der Waals surface area contributed by atoms with Crippen molar-refractivity contribution in [3.05, 3.63) is 12.7 Å². The van der Waals surface area contributed by atoms with E-state index in [1.165, 1.54) is 44.9 Å². The van der Waals surface area contributed by atoms with Gasteiger partial charge in [0, 0.05) is 26.1 Å². The topological polar surface area (TPSA) is 18.5 Å². The third-order valence-corrected chi connectivity index (χ3v) is 3.43. The fourth-order valence-corrected chi connectivity index (χ4v) is 2.50. The van der Waals surface area contributed by atoms with Crippen LogP contribution in [0.4, 0.5) is 0 Å². The summed E-state index contributed by atoms with van der Waals surface area (Å²) in [6.07, 6.45) is 12.9. The van der Waals surface area contributed by atoms with Gasteiger partial charge in [-0.05, 0) is 20.3 Å². The molecule has 0 aliphatic carbocycles. The lowest BCUT2D eigenvalue weighted by Crippen LogP contribution is -2.35. The van der Waals surface area contributed by atoms with Crippen molar-refractivity contribution in [1.82, 2.24) is 0 Å². The molecule has 0 aromatic rings. The highest BCUT2D eigenvalue weighted by atomic mass is 16.7. The Hall–Kier alpha value is -0.340. The van der Waals surface area contributed by atoms with Gasteiger partial charge in [0.05, 0.1) is 0 Å². The predicted octanol–water partition coefficient (Wildman–Crippen LogP) is 5.47. The monoisotopic (exact) mass is 270 g/mol. The third kappa shape index (κ3) is 9.23. The van der Waals surface area contributed by atoms with Crippen LogP contribution in [0.15, 0.2) is 12.7 Å². The predicted molar refractivity (Wildman–Crippen MR) is 83.4 cm³/mol. The first kappa shape index (κ1) is 18.7. The zero-order valence-corrected chi connectivity index (χ0v) is 13.4.